The van der Waals surface area contributed by atoms with Gasteiger partial charge >= 0.3 is 0 Å². The highest BCUT2D eigenvalue weighted by atomic mass is 16.5. The van der Waals surface area contributed by atoms with E-state index in [0.29, 0.717) is 5.92 Å². The Balaban J connectivity index is 1.61. The van der Waals surface area contributed by atoms with Gasteiger partial charge in [0.15, 0.2) is 0 Å². The number of nitrogens with zero attached hydrogens (tertiary/aromatic N) is 4. The van der Waals surface area contributed by atoms with Gasteiger partial charge in [-0.05, 0) is 24.6 Å². The van der Waals surface area contributed by atoms with Gasteiger partial charge in [0.1, 0.15) is 23.1 Å². The first-order chi connectivity index (χ1) is 14.6. The fourth-order valence-corrected chi connectivity index (χ4v) is 4.16. The fourth-order valence-electron chi connectivity index (χ4n) is 4.16. The molecule has 0 saturated carbocycles. The molecule has 0 atom stereocenters. The predicted octanol–water partition coefficient (Wildman–Crippen LogP) is 3.01. The van der Waals surface area contributed by atoms with Gasteiger partial charge in [-0.15, -0.1) is 0 Å². The Labute approximate surface area is 179 Å². The Morgan fingerprint density at radius 3 is 2.57 bits per heavy atom. The molecule has 0 N–H and O–H groups in total. The predicted molar refractivity (Wildman–Crippen MR) is 117 cm³/mol. The topological polar surface area (TPSA) is 60.0 Å². The zero-order chi connectivity index (χ0) is 21.1. The summed E-state index contributed by atoms with van der Waals surface area (Å²) in [6, 6.07) is 5.97. The van der Waals surface area contributed by atoms with Crippen LogP contribution >= 0.6 is 0 Å². The number of anilines is 1. The van der Waals surface area contributed by atoms with Gasteiger partial charge in [-0.1, -0.05) is 13.8 Å². The molecule has 7 nitrogen and oxygen atoms in total. The zero-order valence-corrected chi connectivity index (χ0v) is 18.5. The molecule has 0 bridgehead atoms. The van der Waals surface area contributed by atoms with E-state index in [0.717, 1.165) is 86.8 Å². The van der Waals surface area contributed by atoms with E-state index in [1.54, 1.807) is 14.2 Å². The van der Waals surface area contributed by atoms with Gasteiger partial charge in [-0.2, -0.15) is 0 Å². The highest BCUT2D eigenvalue weighted by Gasteiger charge is 2.27. The minimum absolute atomic E-state index is 0.295. The Morgan fingerprint density at radius 2 is 1.87 bits per heavy atom. The molecule has 7 heteroatoms. The lowest BCUT2D eigenvalue weighted by Gasteiger charge is -2.34. The van der Waals surface area contributed by atoms with Gasteiger partial charge < -0.3 is 19.1 Å². The van der Waals surface area contributed by atoms with Crippen LogP contribution in [0.4, 0.5) is 5.82 Å². The number of methoxy groups -OCH3 is 2. The van der Waals surface area contributed by atoms with Crippen LogP contribution in [-0.4, -0.2) is 61.9 Å². The van der Waals surface area contributed by atoms with Gasteiger partial charge in [-0.3, -0.25) is 4.90 Å². The van der Waals surface area contributed by atoms with E-state index in [4.69, 9.17) is 24.2 Å². The summed E-state index contributed by atoms with van der Waals surface area (Å²) in [4.78, 5) is 14.7. The van der Waals surface area contributed by atoms with Crippen molar-refractivity contribution >= 4 is 5.82 Å². The standard InChI is InChI=1S/C23H32N4O3/c1-16(2)22-24-20-15-26(14-17-13-18(28-3)5-6-21(17)29-4)8-7-19(20)23(25-22)27-9-11-30-12-10-27/h5-6,13,16H,7-12,14-15H2,1-4H3. The molecule has 1 saturated heterocycles. The molecule has 0 spiro atoms. The molecule has 0 radical (unpaired) electrons. The van der Waals surface area contributed by atoms with Crippen LogP contribution in [0.3, 0.4) is 0 Å². The molecular weight excluding hydrogens is 380 g/mol. The average molecular weight is 413 g/mol. The Hall–Kier alpha value is -2.38. The van der Waals surface area contributed by atoms with Crippen LogP contribution < -0.4 is 14.4 Å². The largest absolute Gasteiger partial charge is 0.497 e. The molecule has 1 aromatic carbocycles. The maximum Gasteiger partial charge on any atom is 0.136 e. The second-order valence-electron chi connectivity index (χ2n) is 8.22. The average Bonchev–Trinajstić information content (AvgIpc) is 2.78. The number of aromatic nitrogens is 2. The van der Waals surface area contributed by atoms with E-state index < -0.39 is 0 Å². The molecule has 2 aliphatic rings. The van der Waals surface area contributed by atoms with Crippen molar-refractivity contribution in [2.45, 2.75) is 39.3 Å². The summed E-state index contributed by atoms with van der Waals surface area (Å²) < 4.78 is 16.5. The van der Waals surface area contributed by atoms with E-state index in [1.807, 2.05) is 12.1 Å². The van der Waals surface area contributed by atoms with Crippen LogP contribution in [0.5, 0.6) is 11.5 Å². The Kier molecular flexibility index (Phi) is 6.39. The lowest BCUT2D eigenvalue weighted by molar-refractivity contribution is 0.122. The molecular formula is C23H32N4O3. The van der Waals surface area contributed by atoms with Gasteiger partial charge in [-0.25, -0.2) is 9.97 Å². The molecule has 1 fully saturated rings. The summed E-state index contributed by atoms with van der Waals surface area (Å²) in [5.74, 6) is 4.08. The van der Waals surface area contributed by atoms with Crippen molar-refractivity contribution in [2.24, 2.45) is 0 Å². The van der Waals surface area contributed by atoms with E-state index >= 15 is 0 Å². The molecule has 2 aromatic rings. The lowest BCUT2D eigenvalue weighted by atomic mass is 10.0. The van der Waals surface area contributed by atoms with Crippen molar-refractivity contribution < 1.29 is 14.2 Å². The normalized spacial score (nSPS) is 17.2. The number of fused-ring (bicyclic) bond motifs is 1. The van der Waals surface area contributed by atoms with Crippen LogP contribution in [0.1, 0.15) is 42.4 Å². The minimum atomic E-state index is 0.295. The quantitative estimate of drug-likeness (QED) is 0.723. The molecule has 2 aliphatic heterocycles. The molecule has 1 aromatic heterocycles. The minimum Gasteiger partial charge on any atom is -0.497 e. The second kappa shape index (κ2) is 9.18. The summed E-state index contributed by atoms with van der Waals surface area (Å²) in [7, 11) is 3.41. The molecule has 30 heavy (non-hydrogen) atoms. The first-order valence-corrected chi connectivity index (χ1v) is 10.7. The third-order valence-electron chi connectivity index (χ3n) is 5.85. The van der Waals surface area contributed by atoms with Crippen molar-refractivity contribution in [3.63, 3.8) is 0 Å². The molecule has 0 amide bonds. The summed E-state index contributed by atoms with van der Waals surface area (Å²) in [5.41, 5.74) is 3.59. The summed E-state index contributed by atoms with van der Waals surface area (Å²) in [5, 5.41) is 0. The molecule has 3 heterocycles. The van der Waals surface area contributed by atoms with E-state index in [9.17, 15) is 0 Å². The van der Waals surface area contributed by atoms with Crippen LogP contribution in [0.25, 0.3) is 0 Å². The number of ether oxygens (including phenoxy) is 3. The van der Waals surface area contributed by atoms with E-state index in [1.165, 1.54) is 5.56 Å². The Morgan fingerprint density at radius 1 is 1.07 bits per heavy atom. The number of hydrogen-bond donors (Lipinski definition) is 0. The highest BCUT2D eigenvalue weighted by Crippen LogP contribution is 2.31. The van der Waals surface area contributed by atoms with Crippen molar-refractivity contribution in [3.05, 3.63) is 40.8 Å². The van der Waals surface area contributed by atoms with Crippen LogP contribution in [0, 0.1) is 0 Å². The number of hydrogen-bond acceptors (Lipinski definition) is 7. The number of benzene rings is 1. The SMILES string of the molecule is COc1ccc(OC)c(CN2CCc3c(nc(C(C)C)nc3N3CCOCC3)C2)c1. The molecule has 4 rings (SSSR count). The number of morpholine rings is 1. The lowest BCUT2D eigenvalue weighted by Crippen LogP contribution is -2.39. The first-order valence-electron chi connectivity index (χ1n) is 10.7. The van der Waals surface area contributed by atoms with Crippen LogP contribution in [0.15, 0.2) is 18.2 Å². The molecule has 162 valence electrons. The second-order valence-corrected chi connectivity index (χ2v) is 8.22. The smallest absolute Gasteiger partial charge is 0.136 e. The summed E-state index contributed by atoms with van der Waals surface area (Å²) in [6.07, 6.45) is 0.951. The van der Waals surface area contributed by atoms with Crippen molar-refractivity contribution in [1.82, 2.24) is 14.9 Å². The van der Waals surface area contributed by atoms with Crippen LogP contribution in [0.2, 0.25) is 0 Å². The summed E-state index contributed by atoms with van der Waals surface area (Å²) in [6.45, 7) is 10.2. The van der Waals surface area contributed by atoms with Gasteiger partial charge in [0.2, 0.25) is 0 Å². The third kappa shape index (κ3) is 4.37. The maximum atomic E-state index is 5.58. The maximum absolute atomic E-state index is 5.58. The van der Waals surface area contributed by atoms with Gasteiger partial charge in [0.25, 0.3) is 0 Å². The van der Waals surface area contributed by atoms with Crippen LogP contribution in [-0.2, 0) is 24.2 Å². The van der Waals surface area contributed by atoms with Gasteiger partial charge in [0, 0.05) is 49.8 Å². The monoisotopic (exact) mass is 412 g/mol. The highest BCUT2D eigenvalue weighted by molar-refractivity contribution is 5.51. The fraction of sp³-hybridized carbons (Fsp3) is 0.565. The molecule has 0 aliphatic carbocycles. The van der Waals surface area contributed by atoms with Crippen molar-refractivity contribution in [2.75, 3.05) is 52.0 Å². The summed E-state index contributed by atoms with van der Waals surface area (Å²) >= 11 is 0. The zero-order valence-electron chi connectivity index (χ0n) is 18.5. The Bertz CT molecular complexity index is 881. The number of rotatable bonds is 6. The van der Waals surface area contributed by atoms with Crippen molar-refractivity contribution in [3.8, 4) is 11.5 Å². The van der Waals surface area contributed by atoms with E-state index in [2.05, 4.69) is 29.7 Å². The van der Waals surface area contributed by atoms with E-state index in [-0.39, 0.29) is 0 Å². The van der Waals surface area contributed by atoms with Crippen molar-refractivity contribution in [1.29, 1.82) is 0 Å². The first kappa shape index (κ1) is 20.9. The third-order valence-corrected chi connectivity index (χ3v) is 5.85. The van der Waals surface area contributed by atoms with Gasteiger partial charge in [0.05, 0.1) is 33.1 Å². The molecule has 0 unspecified atom stereocenters.